The average Bonchev–Trinajstić information content (AvgIpc) is 1.89. The standard InChI is InChI=1S/C9H15N3/c1-6-3-7(10)8(11)5-9(2,12)4-6/h3-5H,10-12H2,1-2H3. The fourth-order valence-electron chi connectivity index (χ4n) is 1.32. The third-order valence-corrected chi connectivity index (χ3v) is 1.72. The zero-order valence-electron chi connectivity index (χ0n) is 7.46. The Labute approximate surface area is 72.6 Å². The molecule has 1 aliphatic rings. The van der Waals surface area contributed by atoms with Crippen molar-refractivity contribution in [3.05, 3.63) is 35.2 Å². The molecular weight excluding hydrogens is 150 g/mol. The normalized spacial score (nSPS) is 30.1. The lowest BCUT2D eigenvalue weighted by atomic mass is 10.0. The number of allylic oxidation sites excluding steroid dienone is 2. The molecule has 0 aromatic carbocycles. The maximum Gasteiger partial charge on any atom is 0.0547 e. The van der Waals surface area contributed by atoms with Gasteiger partial charge in [0.1, 0.15) is 0 Å². The number of hydrogen-bond donors (Lipinski definition) is 3. The number of nitrogens with two attached hydrogens (primary N) is 3. The molecule has 0 spiro atoms. The van der Waals surface area contributed by atoms with E-state index in [0.29, 0.717) is 11.4 Å². The molecule has 1 unspecified atom stereocenters. The highest BCUT2D eigenvalue weighted by molar-refractivity contribution is 5.41. The van der Waals surface area contributed by atoms with E-state index in [1.54, 1.807) is 6.08 Å². The van der Waals surface area contributed by atoms with Crippen LogP contribution in [0.5, 0.6) is 0 Å². The zero-order valence-corrected chi connectivity index (χ0v) is 7.46. The Balaban J connectivity index is 3.15. The van der Waals surface area contributed by atoms with Gasteiger partial charge in [0.2, 0.25) is 0 Å². The summed E-state index contributed by atoms with van der Waals surface area (Å²) in [5.41, 5.74) is 18.9. The van der Waals surface area contributed by atoms with E-state index in [4.69, 9.17) is 17.2 Å². The molecular formula is C9H15N3. The Morgan fingerprint density at radius 3 is 2.33 bits per heavy atom. The van der Waals surface area contributed by atoms with Gasteiger partial charge in [-0.05, 0) is 26.0 Å². The first-order valence-electron chi connectivity index (χ1n) is 3.85. The van der Waals surface area contributed by atoms with Crippen LogP contribution in [0.3, 0.4) is 0 Å². The number of rotatable bonds is 0. The molecule has 1 atom stereocenters. The predicted octanol–water partition coefficient (Wildman–Crippen LogP) is 0.349. The van der Waals surface area contributed by atoms with Gasteiger partial charge < -0.3 is 17.2 Å². The smallest absolute Gasteiger partial charge is 0.0547 e. The number of hydrogen-bond acceptors (Lipinski definition) is 3. The molecule has 1 aliphatic carbocycles. The summed E-state index contributed by atoms with van der Waals surface area (Å²) in [5, 5.41) is 0. The fraction of sp³-hybridized carbons (Fsp3) is 0.333. The predicted molar refractivity (Wildman–Crippen MR) is 50.9 cm³/mol. The van der Waals surface area contributed by atoms with E-state index < -0.39 is 5.54 Å². The molecule has 6 N–H and O–H groups in total. The highest BCUT2D eigenvalue weighted by atomic mass is 14.8. The average molecular weight is 165 g/mol. The summed E-state index contributed by atoms with van der Waals surface area (Å²) in [6, 6.07) is 0. The van der Waals surface area contributed by atoms with Crippen LogP contribution in [-0.4, -0.2) is 5.54 Å². The zero-order chi connectivity index (χ0) is 9.35. The Morgan fingerprint density at radius 1 is 1.17 bits per heavy atom. The highest BCUT2D eigenvalue weighted by Gasteiger charge is 2.15. The molecule has 0 saturated carbocycles. The molecule has 3 nitrogen and oxygen atoms in total. The molecule has 0 aromatic rings. The maximum absolute atomic E-state index is 5.90. The summed E-state index contributed by atoms with van der Waals surface area (Å²) < 4.78 is 0. The summed E-state index contributed by atoms with van der Waals surface area (Å²) in [6.07, 6.45) is 5.51. The first kappa shape index (κ1) is 8.87. The van der Waals surface area contributed by atoms with Gasteiger partial charge in [-0.2, -0.15) is 0 Å². The van der Waals surface area contributed by atoms with Crippen LogP contribution in [0, 0.1) is 0 Å². The minimum atomic E-state index is -0.494. The SMILES string of the molecule is CC1=CC(C)(N)C=C(N)C(N)=C1. The summed E-state index contributed by atoms with van der Waals surface area (Å²) in [5.74, 6) is 0. The quantitative estimate of drug-likeness (QED) is 0.484. The van der Waals surface area contributed by atoms with Crippen molar-refractivity contribution in [3.8, 4) is 0 Å². The molecule has 66 valence electrons. The van der Waals surface area contributed by atoms with E-state index >= 15 is 0 Å². The summed E-state index contributed by atoms with van der Waals surface area (Å²) in [7, 11) is 0. The van der Waals surface area contributed by atoms with Crippen LogP contribution in [0.4, 0.5) is 0 Å². The highest BCUT2D eigenvalue weighted by Crippen LogP contribution is 2.16. The van der Waals surface area contributed by atoms with Gasteiger partial charge in [0, 0.05) is 0 Å². The van der Waals surface area contributed by atoms with E-state index in [0.717, 1.165) is 5.57 Å². The Hall–Kier alpha value is -1.22. The van der Waals surface area contributed by atoms with Gasteiger partial charge >= 0.3 is 0 Å². The van der Waals surface area contributed by atoms with Gasteiger partial charge in [-0.25, -0.2) is 0 Å². The molecule has 0 aromatic heterocycles. The second-order valence-electron chi connectivity index (χ2n) is 3.45. The minimum Gasteiger partial charge on any atom is -0.397 e. The largest absolute Gasteiger partial charge is 0.397 e. The first-order chi connectivity index (χ1) is 5.41. The van der Waals surface area contributed by atoms with Gasteiger partial charge in [0.25, 0.3) is 0 Å². The molecule has 12 heavy (non-hydrogen) atoms. The molecule has 1 rings (SSSR count). The van der Waals surface area contributed by atoms with Crippen molar-refractivity contribution in [1.29, 1.82) is 0 Å². The van der Waals surface area contributed by atoms with Crippen LogP contribution < -0.4 is 17.2 Å². The van der Waals surface area contributed by atoms with E-state index in [2.05, 4.69) is 0 Å². The Bertz CT molecular complexity index is 282. The van der Waals surface area contributed by atoms with Gasteiger partial charge in [-0.15, -0.1) is 0 Å². The van der Waals surface area contributed by atoms with Crippen molar-refractivity contribution in [2.45, 2.75) is 19.4 Å². The van der Waals surface area contributed by atoms with Crippen molar-refractivity contribution in [1.82, 2.24) is 0 Å². The molecule has 0 aliphatic heterocycles. The monoisotopic (exact) mass is 165 g/mol. The summed E-state index contributed by atoms with van der Waals surface area (Å²) >= 11 is 0. The molecule has 0 heterocycles. The maximum atomic E-state index is 5.90. The lowest BCUT2D eigenvalue weighted by molar-refractivity contribution is 0.726. The van der Waals surface area contributed by atoms with Gasteiger partial charge in [-0.3, -0.25) is 0 Å². The van der Waals surface area contributed by atoms with Crippen LogP contribution in [0.2, 0.25) is 0 Å². The topological polar surface area (TPSA) is 78.1 Å². The fourth-order valence-corrected chi connectivity index (χ4v) is 1.32. The van der Waals surface area contributed by atoms with Crippen LogP contribution in [0.1, 0.15) is 13.8 Å². The van der Waals surface area contributed by atoms with Crippen LogP contribution in [0.15, 0.2) is 35.2 Å². The molecule has 0 amide bonds. The summed E-state index contributed by atoms with van der Waals surface area (Å²) in [6.45, 7) is 3.83. The van der Waals surface area contributed by atoms with Gasteiger partial charge in [-0.1, -0.05) is 11.6 Å². The molecule has 0 fully saturated rings. The van der Waals surface area contributed by atoms with Crippen molar-refractivity contribution < 1.29 is 0 Å². The minimum absolute atomic E-state index is 0.494. The molecule has 3 heteroatoms. The van der Waals surface area contributed by atoms with Crippen LogP contribution in [-0.2, 0) is 0 Å². The third-order valence-electron chi connectivity index (χ3n) is 1.72. The van der Waals surface area contributed by atoms with E-state index in [9.17, 15) is 0 Å². The molecule has 0 saturated heterocycles. The second kappa shape index (κ2) is 2.68. The van der Waals surface area contributed by atoms with Crippen molar-refractivity contribution >= 4 is 0 Å². The third kappa shape index (κ3) is 1.89. The van der Waals surface area contributed by atoms with Crippen molar-refractivity contribution in [2.24, 2.45) is 17.2 Å². The summed E-state index contributed by atoms with van der Waals surface area (Å²) in [4.78, 5) is 0. The Kier molecular flexibility index (Phi) is 1.98. The first-order valence-corrected chi connectivity index (χ1v) is 3.85. The second-order valence-corrected chi connectivity index (χ2v) is 3.45. The van der Waals surface area contributed by atoms with Crippen molar-refractivity contribution in [2.75, 3.05) is 0 Å². The molecule has 0 radical (unpaired) electrons. The van der Waals surface area contributed by atoms with Gasteiger partial charge in [0.05, 0.1) is 16.9 Å². The van der Waals surface area contributed by atoms with Crippen molar-refractivity contribution in [3.63, 3.8) is 0 Å². The van der Waals surface area contributed by atoms with E-state index in [-0.39, 0.29) is 0 Å². The van der Waals surface area contributed by atoms with E-state index in [1.165, 1.54) is 0 Å². The molecule has 0 bridgehead atoms. The van der Waals surface area contributed by atoms with Crippen LogP contribution in [0.25, 0.3) is 0 Å². The van der Waals surface area contributed by atoms with Crippen LogP contribution >= 0.6 is 0 Å². The lowest BCUT2D eigenvalue weighted by Crippen LogP contribution is -2.32. The van der Waals surface area contributed by atoms with Gasteiger partial charge in [0.15, 0.2) is 0 Å². The Morgan fingerprint density at radius 2 is 1.75 bits per heavy atom. The van der Waals surface area contributed by atoms with E-state index in [1.807, 2.05) is 26.0 Å². The lowest BCUT2D eigenvalue weighted by Gasteiger charge is -2.15.